The molecule has 0 aliphatic carbocycles. The number of unbranched alkanes of at least 4 members (excludes halogenated alkanes) is 1. The molecule has 1 amide bonds. The molecule has 0 heterocycles. The van der Waals surface area contributed by atoms with Gasteiger partial charge in [-0.1, -0.05) is 31.5 Å². The van der Waals surface area contributed by atoms with Gasteiger partial charge in [0.05, 0.1) is 12.2 Å². The molecule has 2 aromatic rings. The predicted molar refractivity (Wildman–Crippen MR) is 100 cm³/mol. The van der Waals surface area contributed by atoms with E-state index in [-0.39, 0.29) is 11.9 Å². The molecule has 0 radical (unpaired) electrons. The predicted octanol–water partition coefficient (Wildman–Crippen LogP) is 3.88. The van der Waals surface area contributed by atoms with Crippen LogP contribution in [0.5, 0.6) is 0 Å². The van der Waals surface area contributed by atoms with Crippen LogP contribution in [-0.2, 0) is 9.53 Å². The number of esters is 1. The van der Waals surface area contributed by atoms with Crippen LogP contribution in [-0.4, -0.2) is 18.5 Å². The van der Waals surface area contributed by atoms with Gasteiger partial charge in [-0.25, -0.2) is 4.79 Å². The largest absolute Gasteiger partial charge is 0.462 e. The smallest absolute Gasteiger partial charge is 0.338 e. The topological polar surface area (TPSA) is 81.4 Å². The van der Waals surface area contributed by atoms with Crippen LogP contribution >= 0.6 is 0 Å². The fourth-order valence-electron chi connectivity index (χ4n) is 2.08. The van der Waals surface area contributed by atoms with E-state index < -0.39 is 0 Å². The van der Waals surface area contributed by atoms with Crippen molar-refractivity contribution in [3.8, 4) is 0 Å². The van der Waals surface area contributed by atoms with E-state index in [2.05, 4.69) is 5.32 Å². The molecular weight excluding hydrogens is 316 g/mol. The van der Waals surface area contributed by atoms with Gasteiger partial charge in [0.25, 0.3) is 0 Å². The molecule has 0 atom stereocenters. The highest BCUT2D eigenvalue weighted by molar-refractivity contribution is 6.02. The first-order valence-corrected chi connectivity index (χ1v) is 8.20. The van der Waals surface area contributed by atoms with Crippen molar-refractivity contribution in [3.63, 3.8) is 0 Å². The first-order valence-electron chi connectivity index (χ1n) is 8.20. The van der Waals surface area contributed by atoms with Crippen molar-refractivity contribution >= 4 is 29.3 Å². The average molecular weight is 338 g/mol. The van der Waals surface area contributed by atoms with E-state index in [4.69, 9.17) is 10.5 Å². The van der Waals surface area contributed by atoms with E-state index in [1.54, 1.807) is 42.5 Å². The molecule has 0 fully saturated rings. The molecule has 130 valence electrons. The lowest BCUT2D eigenvalue weighted by molar-refractivity contribution is -0.111. The number of nitrogen functional groups attached to an aromatic ring is 1. The number of amides is 1. The van der Waals surface area contributed by atoms with E-state index in [0.29, 0.717) is 23.5 Å². The number of hydrogen-bond acceptors (Lipinski definition) is 4. The first kappa shape index (κ1) is 18.3. The Bertz CT molecular complexity index is 752. The zero-order valence-corrected chi connectivity index (χ0v) is 14.2. The van der Waals surface area contributed by atoms with Crippen LogP contribution < -0.4 is 11.1 Å². The number of benzene rings is 2. The summed E-state index contributed by atoms with van der Waals surface area (Å²) < 4.78 is 5.17. The molecule has 5 nitrogen and oxygen atoms in total. The first-order chi connectivity index (χ1) is 12.1. The van der Waals surface area contributed by atoms with Crippen LogP contribution in [0.4, 0.5) is 11.4 Å². The summed E-state index contributed by atoms with van der Waals surface area (Å²) in [5, 5.41) is 2.73. The minimum Gasteiger partial charge on any atom is -0.462 e. The van der Waals surface area contributed by atoms with E-state index >= 15 is 0 Å². The third-order valence-corrected chi connectivity index (χ3v) is 3.46. The van der Waals surface area contributed by atoms with Gasteiger partial charge in [-0.05, 0) is 48.4 Å². The van der Waals surface area contributed by atoms with Gasteiger partial charge in [0.2, 0.25) is 5.91 Å². The molecule has 0 aromatic heterocycles. The maximum Gasteiger partial charge on any atom is 0.338 e. The zero-order chi connectivity index (χ0) is 18.1. The number of nitrogens with one attached hydrogen (secondary N) is 1. The normalized spacial score (nSPS) is 10.6. The molecule has 0 aliphatic heterocycles. The van der Waals surface area contributed by atoms with Crippen LogP contribution in [0.15, 0.2) is 54.6 Å². The molecule has 0 saturated carbocycles. The fraction of sp³-hybridized carbons (Fsp3) is 0.200. The van der Waals surface area contributed by atoms with Crippen molar-refractivity contribution in [3.05, 3.63) is 65.7 Å². The second-order valence-electron chi connectivity index (χ2n) is 5.56. The SMILES string of the molecule is CCCCOC(=O)c1cccc(NC(=O)/C=C/c2ccc(N)cc2)c1. The van der Waals surface area contributed by atoms with Crippen LogP contribution in [0.25, 0.3) is 6.08 Å². The Morgan fingerprint density at radius 1 is 1.16 bits per heavy atom. The number of ether oxygens (including phenoxy) is 1. The lowest BCUT2D eigenvalue weighted by Crippen LogP contribution is -2.10. The van der Waals surface area contributed by atoms with Crippen molar-refractivity contribution in [1.29, 1.82) is 0 Å². The Hall–Kier alpha value is -3.08. The highest BCUT2D eigenvalue weighted by atomic mass is 16.5. The number of carbonyl (C=O) groups is 2. The van der Waals surface area contributed by atoms with E-state index in [9.17, 15) is 9.59 Å². The van der Waals surface area contributed by atoms with Crippen LogP contribution in [0.1, 0.15) is 35.7 Å². The fourth-order valence-corrected chi connectivity index (χ4v) is 2.08. The number of carbonyl (C=O) groups excluding carboxylic acids is 2. The number of anilines is 2. The van der Waals surface area contributed by atoms with Crippen molar-refractivity contribution in [2.45, 2.75) is 19.8 Å². The Morgan fingerprint density at radius 3 is 2.64 bits per heavy atom. The van der Waals surface area contributed by atoms with Gasteiger partial charge in [-0.15, -0.1) is 0 Å². The van der Waals surface area contributed by atoms with E-state index in [1.807, 2.05) is 19.1 Å². The molecule has 5 heteroatoms. The Kier molecular flexibility index (Phi) is 6.77. The maximum absolute atomic E-state index is 12.0. The van der Waals surface area contributed by atoms with Gasteiger partial charge in [-0.2, -0.15) is 0 Å². The third-order valence-electron chi connectivity index (χ3n) is 3.46. The summed E-state index contributed by atoms with van der Waals surface area (Å²) in [6.45, 7) is 2.43. The van der Waals surface area contributed by atoms with Gasteiger partial charge < -0.3 is 15.8 Å². The standard InChI is InChI=1S/C20H22N2O3/c1-2-3-13-25-20(24)16-5-4-6-18(14-16)22-19(23)12-9-15-7-10-17(21)11-8-15/h4-12,14H,2-3,13,21H2,1H3,(H,22,23)/b12-9+. The van der Waals surface area contributed by atoms with E-state index in [0.717, 1.165) is 18.4 Å². The van der Waals surface area contributed by atoms with Crippen molar-refractivity contribution in [2.24, 2.45) is 0 Å². The summed E-state index contributed by atoms with van der Waals surface area (Å²) in [6, 6.07) is 13.9. The summed E-state index contributed by atoms with van der Waals surface area (Å²) >= 11 is 0. The van der Waals surface area contributed by atoms with Gasteiger partial charge in [0.15, 0.2) is 0 Å². The quantitative estimate of drug-likeness (QED) is 0.347. The summed E-state index contributed by atoms with van der Waals surface area (Å²) in [5.74, 6) is -0.671. The van der Waals surface area contributed by atoms with Gasteiger partial charge in [0, 0.05) is 17.5 Å². The third kappa shape index (κ3) is 6.14. The summed E-state index contributed by atoms with van der Waals surface area (Å²) in [4.78, 5) is 23.9. The van der Waals surface area contributed by atoms with Gasteiger partial charge in [-0.3, -0.25) is 4.79 Å². The average Bonchev–Trinajstić information content (AvgIpc) is 2.61. The molecule has 0 unspecified atom stereocenters. The zero-order valence-electron chi connectivity index (χ0n) is 14.2. The number of nitrogens with two attached hydrogens (primary N) is 1. The minimum atomic E-state index is -0.387. The lowest BCUT2D eigenvalue weighted by Gasteiger charge is -2.06. The van der Waals surface area contributed by atoms with Crippen LogP contribution in [0, 0.1) is 0 Å². The Labute approximate surface area is 147 Å². The maximum atomic E-state index is 12.0. The Balaban J connectivity index is 1.95. The summed E-state index contributed by atoms with van der Waals surface area (Å²) in [7, 11) is 0. The Morgan fingerprint density at radius 2 is 1.92 bits per heavy atom. The molecule has 25 heavy (non-hydrogen) atoms. The van der Waals surface area contributed by atoms with Crippen molar-refractivity contribution in [2.75, 3.05) is 17.7 Å². The molecule has 0 spiro atoms. The van der Waals surface area contributed by atoms with Crippen molar-refractivity contribution in [1.82, 2.24) is 0 Å². The lowest BCUT2D eigenvalue weighted by atomic mass is 10.2. The monoisotopic (exact) mass is 338 g/mol. The minimum absolute atomic E-state index is 0.284. The molecular formula is C20H22N2O3. The molecule has 3 N–H and O–H groups in total. The number of hydrogen-bond donors (Lipinski definition) is 2. The van der Waals surface area contributed by atoms with E-state index in [1.165, 1.54) is 6.08 Å². The van der Waals surface area contributed by atoms with Crippen LogP contribution in [0.3, 0.4) is 0 Å². The highest BCUT2D eigenvalue weighted by Crippen LogP contribution is 2.13. The molecule has 2 aromatic carbocycles. The number of rotatable bonds is 7. The summed E-state index contributed by atoms with van der Waals surface area (Å²) in [6.07, 6.45) is 4.91. The molecule has 0 aliphatic rings. The second-order valence-corrected chi connectivity index (χ2v) is 5.56. The highest BCUT2D eigenvalue weighted by Gasteiger charge is 2.08. The molecule has 0 saturated heterocycles. The molecule has 0 bridgehead atoms. The summed E-state index contributed by atoms with van der Waals surface area (Å²) in [5.41, 5.74) is 8.12. The van der Waals surface area contributed by atoms with Crippen LogP contribution in [0.2, 0.25) is 0 Å². The van der Waals surface area contributed by atoms with Gasteiger partial charge >= 0.3 is 5.97 Å². The van der Waals surface area contributed by atoms with Gasteiger partial charge in [0.1, 0.15) is 0 Å². The second kappa shape index (κ2) is 9.27. The van der Waals surface area contributed by atoms with Crippen molar-refractivity contribution < 1.29 is 14.3 Å². The molecule has 2 rings (SSSR count).